The Kier molecular flexibility index (Phi) is 5.46. The van der Waals surface area contributed by atoms with E-state index in [1.165, 1.54) is 14.8 Å². The van der Waals surface area contributed by atoms with Gasteiger partial charge in [-0.3, -0.25) is 9.59 Å². The van der Waals surface area contributed by atoms with Gasteiger partial charge in [0.1, 0.15) is 17.1 Å². The van der Waals surface area contributed by atoms with Crippen LogP contribution in [0.4, 0.5) is 5.69 Å². The molecule has 28 heavy (non-hydrogen) atoms. The summed E-state index contributed by atoms with van der Waals surface area (Å²) in [7, 11) is 3.13. The van der Waals surface area contributed by atoms with Crippen molar-refractivity contribution in [2.75, 3.05) is 18.6 Å². The van der Waals surface area contributed by atoms with Crippen LogP contribution in [0, 0.1) is 0 Å². The monoisotopic (exact) mass is 396 g/mol. The number of thiocarbonyl (C=S) groups is 1. The molecule has 0 aliphatic carbocycles. The Morgan fingerprint density at radius 3 is 2.50 bits per heavy atom. The number of rotatable bonds is 5. The smallest absolute Gasteiger partial charge is 0.267 e. The lowest BCUT2D eigenvalue weighted by Crippen LogP contribution is -2.36. The maximum Gasteiger partial charge on any atom is 0.267 e. The summed E-state index contributed by atoms with van der Waals surface area (Å²) < 4.78 is 6.50. The molecule has 144 valence electrons. The fraction of sp³-hybridized carbons (Fsp3) is 0.190. The summed E-state index contributed by atoms with van der Waals surface area (Å²) in [5.41, 5.74) is 0.825. The predicted molar refractivity (Wildman–Crippen MR) is 114 cm³/mol. The first-order chi connectivity index (χ1) is 13.4. The first-order valence-electron chi connectivity index (χ1n) is 8.70. The van der Waals surface area contributed by atoms with Crippen molar-refractivity contribution >= 4 is 40.1 Å². The van der Waals surface area contributed by atoms with E-state index in [1.54, 1.807) is 63.5 Å². The van der Waals surface area contributed by atoms with Crippen LogP contribution in [0.5, 0.6) is 11.5 Å². The van der Waals surface area contributed by atoms with Crippen LogP contribution < -0.4 is 15.2 Å². The minimum atomic E-state index is -0.577. The first-order valence-corrected chi connectivity index (χ1v) is 9.17. The molecule has 0 aliphatic rings. The molecule has 3 rings (SSSR count). The lowest BCUT2D eigenvalue weighted by molar-refractivity contribution is 0.0984. The van der Waals surface area contributed by atoms with Gasteiger partial charge < -0.3 is 19.3 Å². The first kappa shape index (κ1) is 19.6. The molecule has 0 radical (unpaired) electrons. The molecule has 6 nitrogen and oxygen atoms in total. The molecule has 0 spiro atoms. The summed E-state index contributed by atoms with van der Waals surface area (Å²) in [5.74, 6) is -0.277. The average molecular weight is 396 g/mol. The van der Waals surface area contributed by atoms with Gasteiger partial charge >= 0.3 is 0 Å². The number of methoxy groups -OCH3 is 1. The minimum absolute atomic E-state index is 0.281. The Balaban J connectivity index is 2.22. The molecule has 0 atom stereocenters. The van der Waals surface area contributed by atoms with E-state index in [0.29, 0.717) is 34.4 Å². The molecule has 0 saturated heterocycles. The molecule has 0 saturated carbocycles. The van der Waals surface area contributed by atoms with Gasteiger partial charge in [-0.05, 0) is 42.8 Å². The molecule has 7 heteroatoms. The molecule has 0 bridgehead atoms. The van der Waals surface area contributed by atoms with Crippen LogP contribution in [-0.4, -0.2) is 34.6 Å². The van der Waals surface area contributed by atoms with Crippen molar-refractivity contribution < 1.29 is 14.6 Å². The SMILES string of the molecule is CCN(C(=O)c1c(O)c2c(C=S)cccc2n(C)c1=O)c1ccc(OC)cc1. The number of amides is 1. The Morgan fingerprint density at radius 2 is 1.93 bits per heavy atom. The number of nitrogens with zero attached hydrogens (tertiary/aromatic N) is 2. The summed E-state index contributed by atoms with van der Waals surface area (Å²) >= 11 is 5.03. The second-order valence-corrected chi connectivity index (χ2v) is 6.43. The standard InChI is InChI=1S/C21H20N2O4S/c1-4-23(14-8-10-15(27-3)11-9-14)21(26)18-19(24)17-13(12-28)6-5-7-16(17)22(2)20(18)25/h5-12,24H,4H2,1-3H3. The van der Waals surface area contributed by atoms with Crippen LogP contribution in [0.25, 0.3) is 10.9 Å². The largest absolute Gasteiger partial charge is 0.506 e. The molecular formula is C21H20N2O4S. The van der Waals surface area contributed by atoms with Gasteiger partial charge in [-0.2, -0.15) is 0 Å². The van der Waals surface area contributed by atoms with Crippen LogP contribution in [-0.2, 0) is 7.05 Å². The normalized spacial score (nSPS) is 10.7. The number of carbonyl (C=O) groups is 1. The fourth-order valence-corrected chi connectivity index (χ4v) is 3.43. The second kappa shape index (κ2) is 7.82. The molecule has 1 amide bonds. The Hall–Kier alpha value is -3.19. The lowest BCUT2D eigenvalue weighted by Gasteiger charge is -2.22. The summed E-state index contributed by atoms with van der Waals surface area (Å²) in [5, 5.41) is 12.7. The van der Waals surface area contributed by atoms with Gasteiger partial charge in [-0.25, -0.2) is 0 Å². The minimum Gasteiger partial charge on any atom is -0.506 e. The Labute approximate surface area is 167 Å². The highest BCUT2D eigenvalue weighted by atomic mass is 32.1. The maximum absolute atomic E-state index is 13.3. The highest BCUT2D eigenvalue weighted by Gasteiger charge is 2.26. The van der Waals surface area contributed by atoms with Crippen LogP contribution >= 0.6 is 12.2 Å². The summed E-state index contributed by atoms with van der Waals surface area (Å²) in [6.45, 7) is 2.12. The van der Waals surface area contributed by atoms with Crippen molar-refractivity contribution in [1.29, 1.82) is 0 Å². The number of carbonyl (C=O) groups excluding carboxylic acids is 1. The molecular weight excluding hydrogens is 376 g/mol. The maximum atomic E-state index is 13.3. The number of hydrogen-bond donors (Lipinski definition) is 1. The molecule has 1 aromatic heterocycles. The van der Waals surface area contributed by atoms with Crippen molar-refractivity contribution in [2.24, 2.45) is 7.05 Å². The molecule has 3 aromatic rings. The van der Waals surface area contributed by atoms with E-state index < -0.39 is 11.5 Å². The van der Waals surface area contributed by atoms with E-state index in [9.17, 15) is 14.7 Å². The van der Waals surface area contributed by atoms with Gasteiger partial charge in [-0.15, -0.1) is 0 Å². The summed E-state index contributed by atoms with van der Waals surface area (Å²) in [4.78, 5) is 27.6. The molecule has 0 aliphatic heterocycles. The number of aryl methyl sites for hydroxylation is 1. The highest BCUT2D eigenvalue weighted by molar-refractivity contribution is 7.79. The number of ether oxygens (including phenoxy) is 1. The number of fused-ring (bicyclic) bond motifs is 1. The highest BCUT2D eigenvalue weighted by Crippen LogP contribution is 2.30. The molecule has 1 heterocycles. The van der Waals surface area contributed by atoms with Gasteiger partial charge in [0, 0.05) is 30.0 Å². The number of anilines is 1. The van der Waals surface area contributed by atoms with Crippen molar-refractivity contribution in [3.8, 4) is 11.5 Å². The topological polar surface area (TPSA) is 71.8 Å². The molecule has 1 N–H and O–H groups in total. The van der Waals surface area contributed by atoms with Crippen molar-refractivity contribution in [1.82, 2.24) is 4.57 Å². The number of hydrogen-bond acceptors (Lipinski definition) is 5. The summed E-state index contributed by atoms with van der Waals surface area (Å²) in [6, 6.07) is 12.1. The van der Waals surface area contributed by atoms with Crippen molar-refractivity contribution in [3.05, 3.63) is 63.9 Å². The van der Waals surface area contributed by atoms with Crippen LogP contribution in [0.15, 0.2) is 47.3 Å². The van der Waals surface area contributed by atoms with Gasteiger partial charge in [-0.1, -0.05) is 24.4 Å². The molecule has 2 aromatic carbocycles. The van der Waals surface area contributed by atoms with Gasteiger partial charge in [0.2, 0.25) is 0 Å². The van der Waals surface area contributed by atoms with Gasteiger partial charge in [0.25, 0.3) is 11.5 Å². The summed E-state index contributed by atoms with van der Waals surface area (Å²) in [6.07, 6.45) is 0. The number of aromatic nitrogens is 1. The fourth-order valence-electron chi connectivity index (χ4n) is 3.23. The van der Waals surface area contributed by atoms with E-state index >= 15 is 0 Å². The zero-order valence-corrected chi connectivity index (χ0v) is 16.6. The van der Waals surface area contributed by atoms with E-state index in [-0.39, 0.29) is 11.3 Å². The zero-order valence-electron chi connectivity index (χ0n) is 15.8. The van der Waals surface area contributed by atoms with Gasteiger partial charge in [0.15, 0.2) is 0 Å². The van der Waals surface area contributed by atoms with E-state index in [2.05, 4.69) is 0 Å². The van der Waals surface area contributed by atoms with Crippen LogP contribution in [0.3, 0.4) is 0 Å². The Bertz CT molecular complexity index is 1120. The number of aromatic hydroxyl groups is 1. The average Bonchev–Trinajstić information content (AvgIpc) is 2.72. The number of pyridine rings is 1. The second-order valence-electron chi connectivity index (χ2n) is 6.19. The van der Waals surface area contributed by atoms with Gasteiger partial charge in [0.05, 0.1) is 12.6 Å². The third kappa shape index (κ3) is 3.14. The quantitative estimate of drug-likeness (QED) is 0.670. The van der Waals surface area contributed by atoms with Crippen LogP contribution in [0.1, 0.15) is 22.8 Å². The van der Waals surface area contributed by atoms with Crippen LogP contribution in [0.2, 0.25) is 0 Å². The molecule has 0 unspecified atom stereocenters. The Morgan fingerprint density at radius 1 is 1.25 bits per heavy atom. The van der Waals surface area contributed by atoms with Crippen molar-refractivity contribution in [2.45, 2.75) is 6.92 Å². The van der Waals surface area contributed by atoms with E-state index in [4.69, 9.17) is 17.0 Å². The lowest BCUT2D eigenvalue weighted by atomic mass is 10.0. The molecule has 0 fully saturated rings. The third-order valence-electron chi connectivity index (χ3n) is 4.71. The number of benzene rings is 2. The van der Waals surface area contributed by atoms with Crippen molar-refractivity contribution in [3.63, 3.8) is 0 Å². The van der Waals surface area contributed by atoms with E-state index in [1.807, 2.05) is 0 Å². The zero-order chi connectivity index (χ0) is 20.4. The predicted octanol–water partition coefficient (Wildman–Crippen LogP) is 3.27. The third-order valence-corrected chi connectivity index (χ3v) is 4.97. The van der Waals surface area contributed by atoms with E-state index in [0.717, 1.165) is 0 Å².